The van der Waals surface area contributed by atoms with Gasteiger partial charge in [0.2, 0.25) is 0 Å². The summed E-state index contributed by atoms with van der Waals surface area (Å²) >= 11 is 8.09. The predicted octanol–water partition coefficient (Wildman–Crippen LogP) is 5.42. The SMILES string of the molecule is CN(Cc1csc2c1CCN(CC1CCOCC1)C2)c1ccc(-c2cc(F)ccc2Cl)nn1. The van der Waals surface area contributed by atoms with Gasteiger partial charge in [-0.15, -0.1) is 21.5 Å². The summed E-state index contributed by atoms with van der Waals surface area (Å²) in [5, 5.41) is 11.4. The van der Waals surface area contributed by atoms with Gasteiger partial charge in [-0.25, -0.2) is 4.39 Å². The van der Waals surface area contributed by atoms with Gasteiger partial charge in [-0.05, 0) is 72.0 Å². The molecule has 174 valence electrons. The van der Waals surface area contributed by atoms with Crippen molar-refractivity contribution >= 4 is 28.8 Å². The lowest BCUT2D eigenvalue weighted by Gasteiger charge is -2.32. The largest absolute Gasteiger partial charge is 0.381 e. The molecule has 1 saturated heterocycles. The lowest BCUT2D eigenvalue weighted by Crippen LogP contribution is -2.36. The highest BCUT2D eigenvalue weighted by Gasteiger charge is 2.24. The fraction of sp³-hybridized carbons (Fsp3) is 0.440. The van der Waals surface area contributed by atoms with Crippen molar-refractivity contribution in [2.45, 2.75) is 32.4 Å². The van der Waals surface area contributed by atoms with Gasteiger partial charge in [0, 0.05) is 56.9 Å². The first-order valence-corrected chi connectivity index (χ1v) is 12.7. The van der Waals surface area contributed by atoms with Crippen molar-refractivity contribution in [3.63, 3.8) is 0 Å². The molecule has 0 N–H and O–H groups in total. The van der Waals surface area contributed by atoms with E-state index in [2.05, 4.69) is 25.4 Å². The van der Waals surface area contributed by atoms with Gasteiger partial charge in [-0.1, -0.05) is 11.6 Å². The second-order valence-electron chi connectivity index (χ2n) is 8.96. The maximum Gasteiger partial charge on any atom is 0.151 e. The quantitative estimate of drug-likeness (QED) is 0.465. The van der Waals surface area contributed by atoms with E-state index in [0.717, 1.165) is 51.0 Å². The second-order valence-corrected chi connectivity index (χ2v) is 10.3. The van der Waals surface area contributed by atoms with Crippen LogP contribution in [0.15, 0.2) is 35.7 Å². The van der Waals surface area contributed by atoms with E-state index in [9.17, 15) is 4.39 Å². The Labute approximate surface area is 203 Å². The van der Waals surface area contributed by atoms with E-state index in [1.807, 2.05) is 30.5 Å². The number of hydrogen-bond acceptors (Lipinski definition) is 6. The smallest absolute Gasteiger partial charge is 0.151 e. The van der Waals surface area contributed by atoms with E-state index >= 15 is 0 Å². The maximum absolute atomic E-state index is 13.6. The first-order valence-electron chi connectivity index (χ1n) is 11.5. The molecule has 2 aliphatic heterocycles. The molecule has 0 aliphatic carbocycles. The van der Waals surface area contributed by atoms with E-state index in [1.165, 1.54) is 47.5 Å². The van der Waals surface area contributed by atoms with Crippen LogP contribution in [-0.4, -0.2) is 48.4 Å². The number of aromatic nitrogens is 2. The zero-order valence-corrected chi connectivity index (χ0v) is 20.3. The van der Waals surface area contributed by atoms with Crippen molar-refractivity contribution < 1.29 is 9.13 Å². The lowest BCUT2D eigenvalue weighted by molar-refractivity contribution is 0.0508. The highest BCUT2D eigenvalue weighted by atomic mass is 35.5. The van der Waals surface area contributed by atoms with Crippen molar-refractivity contribution in [3.05, 3.63) is 62.6 Å². The highest BCUT2D eigenvalue weighted by Crippen LogP contribution is 2.32. The van der Waals surface area contributed by atoms with Crippen LogP contribution in [0.25, 0.3) is 11.3 Å². The molecular formula is C25H28ClFN4OS. The zero-order chi connectivity index (χ0) is 22.8. The molecule has 33 heavy (non-hydrogen) atoms. The molecule has 0 spiro atoms. The van der Waals surface area contributed by atoms with Crippen LogP contribution >= 0.6 is 22.9 Å². The van der Waals surface area contributed by atoms with Gasteiger partial charge in [0.15, 0.2) is 5.82 Å². The average Bonchev–Trinajstić information content (AvgIpc) is 3.23. The Bertz CT molecular complexity index is 1100. The fourth-order valence-corrected chi connectivity index (χ4v) is 6.08. The molecule has 5 nitrogen and oxygen atoms in total. The van der Waals surface area contributed by atoms with Crippen LogP contribution in [0.1, 0.15) is 28.8 Å². The summed E-state index contributed by atoms with van der Waals surface area (Å²) in [5.41, 5.74) is 4.00. The standard InChI is InChI=1S/C25H28ClFN4OS/c1-30(25-5-4-23(28-29-25)21-12-19(27)2-3-22(21)26)14-18-16-33-24-15-31(9-6-20(18)24)13-17-7-10-32-11-8-17/h2-5,12,16-17H,6-11,13-15H2,1H3. The van der Waals surface area contributed by atoms with Crippen LogP contribution in [0, 0.1) is 11.7 Å². The molecule has 3 aromatic rings. The van der Waals surface area contributed by atoms with Crippen molar-refractivity contribution in [1.29, 1.82) is 0 Å². The van der Waals surface area contributed by atoms with Gasteiger partial charge in [0.1, 0.15) is 5.82 Å². The van der Waals surface area contributed by atoms with Crippen LogP contribution < -0.4 is 4.90 Å². The minimum absolute atomic E-state index is 0.342. The predicted molar refractivity (Wildman–Crippen MR) is 131 cm³/mol. The van der Waals surface area contributed by atoms with Gasteiger partial charge in [-0.3, -0.25) is 4.90 Å². The third-order valence-electron chi connectivity index (χ3n) is 6.62. The number of halogens is 2. The number of benzene rings is 1. The number of fused-ring (bicyclic) bond motifs is 1. The minimum atomic E-state index is -0.342. The summed E-state index contributed by atoms with van der Waals surface area (Å²) in [5.74, 6) is 1.21. The topological polar surface area (TPSA) is 41.5 Å². The number of rotatable bonds is 6. The maximum atomic E-state index is 13.6. The normalized spacial score (nSPS) is 17.2. The highest BCUT2D eigenvalue weighted by molar-refractivity contribution is 7.10. The van der Waals surface area contributed by atoms with E-state index in [0.29, 0.717) is 16.3 Å². The first-order chi connectivity index (χ1) is 16.1. The Kier molecular flexibility index (Phi) is 6.92. The number of nitrogens with zero attached hydrogens (tertiary/aromatic N) is 4. The van der Waals surface area contributed by atoms with E-state index in [4.69, 9.17) is 16.3 Å². The van der Waals surface area contributed by atoms with Crippen molar-refractivity contribution in [3.8, 4) is 11.3 Å². The number of anilines is 1. The van der Waals surface area contributed by atoms with Crippen molar-refractivity contribution in [2.24, 2.45) is 5.92 Å². The molecule has 0 saturated carbocycles. The van der Waals surface area contributed by atoms with Gasteiger partial charge in [-0.2, -0.15) is 0 Å². The molecule has 0 unspecified atom stereocenters. The molecule has 2 aromatic heterocycles. The number of thiophene rings is 1. The summed E-state index contributed by atoms with van der Waals surface area (Å²) in [4.78, 5) is 6.23. The Hall–Kier alpha value is -2.06. The van der Waals surface area contributed by atoms with Crippen molar-refractivity contribution in [2.75, 3.05) is 38.3 Å². The van der Waals surface area contributed by atoms with Crippen LogP contribution in [0.5, 0.6) is 0 Å². The minimum Gasteiger partial charge on any atom is -0.381 e. The molecule has 0 atom stereocenters. The van der Waals surface area contributed by atoms with Gasteiger partial charge < -0.3 is 9.64 Å². The lowest BCUT2D eigenvalue weighted by atomic mass is 9.97. The van der Waals surface area contributed by atoms with Gasteiger partial charge in [0.05, 0.1) is 10.7 Å². The summed E-state index contributed by atoms with van der Waals surface area (Å²) in [6.07, 6.45) is 3.48. The number of hydrogen-bond donors (Lipinski definition) is 0. The average molecular weight is 487 g/mol. The molecule has 0 radical (unpaired) electrons. The number of ether oxygens (including phenoxy) is 1. The first kappa shape index (κ1) is 22.7. The van der Waals surface area contributed by atoms with Gasteiger partial charge >= 0.3 is 0 Å². The van der Waals surface area contributed by atoms with Crippen molar-refractivity contribution in [1.82, 2.24) is 15.1 Å². The molecule has 4 heterocycles. The Balaban J connectivity index is 1.23. The summed E-state index contributed by atoms with van der Waals surface area (Å²) in [6, 6.07) is 8.03. The zero-order valence-electron chi connectivity index (χ0n) is 18.8. The van der Waals surface area contributed by atoms with Crippen LogP contribution in [-0.2, 0) is 24.2 Å². The third-order valence-corrected chi connectivity index (χ3v) is 8.02. The van der Waals surface area contributed by atoms with Crippen LogP contribution in [0.2, 0.25) is 5.02 Å². The Morgan fingerprint density at radius 3 is 2.85 bits per heavy atom. The monoisotopic (exact) mass is 486 g/mol. The molecule has 1 aromatic carbocycles. The molecule has 8 heteroatoms. The molecular weight excluding hydrogens is 459 g/mol. The molecule has 0 amide bonds. The van der Waals surface area contributed by atoms with E-state index in [-0.39, 0.29) is 5.82 Å². The van der Waals surface area contributed by atoms with Gasteiger partial charge in [0.25, 0.3) is 0 Å². The van der Waals surface area contributed by atoms with E-state index < -0.39 is 0 Å². The molecule has 1 fully saturated rings. The van der Waals surface area contributed by atoms with Crippen LogP contribution in [0.4, 0.5) is 10.2 Å². The molecule has 5 rings (SSSR count). The Morgan fingerprint density at radius 1 is 1.21 bits per heavy atom. The summed E-state index contributed by atoms with van der Waals surface area (Å²) in [6.45, 7) is 6.00. The summed E-state index contributed by atoms with van der Waals surface area (Å²) in [7, 11) is 2.03. The third kappa shape index (κ3) is 5.22. The fourth-order valence-electron chi connectivity index (χ4n) is 4.73. The molecule has 0 bridgehead atoms. The van der Waals surface area contributed by atoms with Crippen LogP contribution in [0.3, 0.4) is 0 Å². The summed E-state index contributed by atoms with van der Waals surface area (Å²) < 4.78 is 19.1. The Morgan fingerprint density at radius 2 is 2.06 bits per heavy atom. The van der Waals surface area contributed by atoms with E-state index in [1.54, 1.807) is 6.07 Å². The second kappa shape index (κ2) is 10.1. The molecule has 2 aliphatic rings.